The number of rotatable bonds is 5. The number of carbonyl (C=O) groups excluding carboxylic acids is 1. The third-order valence-corrected chi connectivity index (χ3v) is 3.13. The minimum Gasteiger partial charge on any atom is -0.481 e. The molecule has 17 heavy (non-hydrogen) atoms. The molecule has 0 aromatic heterocycles. The highest BCUT2D eigenvalue weighted by molar-refractivity contribution is 5.78. The van der Waals surface area contributed by atoms with Crippen molar-refractivity contribution < 1.29 is 14.7 Å². The van der Waals surface area contributed by atoms with E-state index in [0.717, 1.165) is 25.9 Å². The summed E-state index contributed by atoms with van der Waals surface area (Å²) in [7, 11) is 0. The molecule has 0 aliphatic carbocycles. The Morgan fingerprint density at radius 2 is 1.82 bits per heavy atom. The normalized spacial score (nSPS) is 16.9. The number of likely N-dealkylation sites (tertiary alicyclic amines) is 1. The Bertz CT molecular complexity index is 283. The molecule has 98 valence electrons. The van der Waals surface area contributed by atoms with Gasteiger partial charge in [-0.2, -0.15) is 0 Å². The van der Waals surface area contributed by atoms with Gasteiger partial charge in [-0.05, 0) is 33.1 Å². The highest BCUT2D eigenvalue weighted by Crippen LogP contribution is 2.13. The number of carbonyl (C=O) groups is 2. The zero-order valence-corrected chi connectivity index (χ0v) is 10.7. The monoisotopic (exact) mass is 242 g/mol. The summed E-state index contributed by atoms with van der Waals surface area (Å²) in [5.74, 6) is -0.777. The van der Waals surface area contributed by atoms with Crippen LogP contribution in [-0.4, -0.2) is 48.1 Å². The molecule has 1 heterocycles. The van der Waals surface area contributed by atoms with Crippen LogP contribution in [-0.2, 0) is 9.59 Å². The Kier molecular flexibility index (Phi) is 4.93. The van der Waals surface area contributed by atoms with Crippen molar-refractivity contribution in [3.8, 4) is 0 Å². The molecule has 0 radical (unpaired) electrons. The standard InChI is InChI=1S/C12H22N2O3/c1-12(2,11(16)17)9-13-8-10(15)14-6-4-3-5-7-14/h13H,3-9H2,1-2H3,(H,16,17). The second-order valence-electron chi connectivity index (χ2n) is 5.23. The molecule has 5 heteroatoms. The van der Waals surface area contributed by atoms with Gasteiger partial charge in [-0.1, -0.05) is 0 Å². The topological polar surface area (TPSA) is 69.6 Å². The molecule has 5 nitrogen and oxygen atoms in total. The molecule has 0 saturated carbocycles. The molecule has 1 aliphatic heterocycles. The van der Waals surface area contributed by atoms with Gasteiger partial charge in [0.25, 0.3) is 0 Å². The van der Waals surface area contributed by atoms with Gasteiger partial charge in [0.15, 0.2) is 0 Å². The number of nitrogens with one attached hydrogen (secondary N) is 1. The second kappa shape index (κ2) is 6.00. The van der Waals surface area contributed by atoms with Crippen molar-refractivity contribution in [1.82, 2.24) is 10.2 Å². The first-order valence-electron chi connectivity index (χ1n) is 6.15. The highest BCUT2D eigenvalue weighted by Gasteiger charge is 2.27. The van der Waals surface area contributed by atoms with Crippen LogP contribution >= 0.6 is 0 Å². The second-order valence-corrected chi connectivity index (χ2v) is 5.23. The van der Waals surface area contributed by atoms with E-state index < -0.39 is 11.4 Å². The Labute approximate surface area is 102 Å². The van der Waals surface area contributed by atoms with Crippen LogP contribution in [0.1, 0.15) is 33.1 Å². The Morgan fingerprint density at radius 1 is 1.24 bits per heavy atom. The minimum absolute atomic E-state index is 0.0749. The molecule has 0 spiro atoms. The number of hydrogen-bond acceptors (Lipinski definition) is 3. The molecule has 1 saturated heterocycles. The van der Waals surface area contributed by atoms with Crippen molar-refractivity contribution in [2.24, 2.45) is 5.41 Å². The van der Waals surface area contributed by atoms with Gasteiger partial charge in [-0.3, -0.25) is 9.59 Å². The number of carboxylic acids is 1. The van der Waals surface area contributed by atoms with E-state index >= 15 is 0 Å². The first-order valence-corrected chi connectivity index (χ1v) is 6.15. The van der Waals surface area contributed by atoms with Crippen LogP contribution in [0.3, 0.4) is 0 Å². The smallest absolute Gasteiger partial charge is 0.310 e. The van der Waals surface area contributed by atoms with Crippen molar-refractivity contribution in [1.29, 1.82) is 0 Å². The first-order chi connectivity index (χ1) is 7.93. The summed E-state index contributed by atoms with van der Waals surface area (Å²) in [4.78, 5) is 24.5. The molecule has 0 atom stereocenters. The fourth-order valence-corrected chi connectivity index (χ4v) is 1.81. The number of nitrogens with zero attached hydrogens (tertiary/aromatic N) is 1. The fourth-order valence-electron chi connectivity index (χ4n) is 1.81. The lowest BCUT2D eigenvalue weighted by atomic mass is 9.94. The number of carboxylic acid groups (broad SMARTS) is 1. The van der Waals surface area contributed by atoms with Crippen molar-refractivity contribution in [2.75, 3.05) is 26.2 Å². The summed E-state index contributed by atoms with van der Waals surface area (Å²) in [5.41, 5.74) is -0.831. The summed E-state index contributed by atoms with van der Waals surface area (Å²) in [6.45, 7) is 5.51. The molecule has 1 aliphatic rings. The summed E-state index contributed by atoms with van der Waals surface area (Å²) in [5, 5.41) is 11.9. The van der Waals surface area contributed by atoms with Gasteiger partial charge in [0.05, 0.1) is 12.0 Å². The molecule has 2 N–H and O–H groups in total. The first kappa shape index (κ1) is 14.0. The molecule has 0 aromatic rings. The maximum atomic E-state index is 11.8. The van der Waals surface area contributed by atoms with Gasteiger partial charge < -0.3 is 15.3 Å². The Morgan fingerprint density at radius 3 is 2.35 bits per heavy atom. The lowest BCUT2D eigenvalue weighted by molar-refractivity contribution is -0.147. The maximum Gasteiger partial charge on any atom is 0.310 e. The van der Waals surface area contributed by atoms with Crippen molar-refractivity contribution in [2.45, 2.75) is 33.1 Å². The lowest BCUT2D eigenvalue weighted by Gasteiger charge is -2.27. The van der Waals surface area contributed by atoms with Crippen molar-refractivity contribution in [3.05, 3.63) is 0 Å². The van der Waals surface area contributed by atoms with E-state index in [9.17, 15) is 9.59 Å². The number of aliphatic carboxylic acids is 1. The molecule has 0 aromatic carbocycles. The molecule has 1 rings (SSSR count). The number of piperidine rings is 1. The molecular formula is C12H22N2O3. The van der Waals surface area contributed by atoms with E-state index in [0.29, 0.717) is 6.54 Å². The highest BCUT2D eigenvalue weighted by atomic mass is 16.4. The summed E-state index contributed by atoms with van der Waals surface area (Å²) in [6.07, 6.45) is 3.35. The van der Waals surface area contributed by atoms with Gasteiger partial charge in [-0.25, -0.2) is 0 Å². The third-order valence-electron chi connectivity index (χ3n) is 3.13. The van der Waals surface area contributed by atoms with Gasteiger partial charge in [0, 0.05) is 19.6 Å². The largest absolute Gasteiger partial charge is 0.481 e. The summed E-state index contributed by atoms with van der Waals surface area (Å²) >= 11 is 0. The number of amides is 1. The van der Waals surface area contributed by atoms with Crippen LogP contribution in [0.2, 0.25) is 0 Å². The quantitative estimate of drug-likeness (QED) is 0.744. The van der Waals surface area contributed by atoms with E-state index in [2.05, 4.69) is 5.32 Å². The number of hydrogen-bond donors (Lipinski definition) is 2. The lowest BCUT2D eigenvalue weighted by Crippen LogP contribution is -2.44. The SMILES string of the molecule is CC(C)(CNCC(=O)N1CCCCC1)C(=O)O. The summed E-state index contributed by atoms with van der Waals surface area (Å²) < 4.78 is 0. The third kappa shape index (κ3) is 4.34. The summed E-state index contributed by atoms with van der Waals surface area (Å²) in [6, 6.07) is 0. The van der Waals surface area contributed by atoms with Crippen LogP contribution in [0.5, 0.6) is 0 Å². The van der Waals surface area contributed by atoms with Crippen LogP contribution in [0.15, 0.2) is 0 Å². The maximum absolute atomic E-state index is 11.8. The van der Waals surface area contributed by atoms with E-state index in [-0.39, 0.29) is 12.5 Å². The predicted octanol–water partition coefficient (Wildman–Crippen LogP) is 0.699. The van der Waals surface area contributed by atoms with Gasteiger partial charge in [-0.15, -0.1) is 0 Å². The molecular weight excluding hydrogens is 220 g/mol. The van der Waals surface area contributed by atoms with Crippen LogP contribution in [0.4, 0.5) is 0 Å². The average molecular weight is 242 g/mol. The van der Waals surface area contributed by atoms with Gasteiger partial charge >= 0.3 is 5.97 Å². The molecule has 0 bridgehead atoms. The van der Waals surface area contributed by atoms with Crippen LogP contribution in [0.25, 0.3) is 0 Å². The molecule has 0 unspecified atom stereocenters. The zero-order chi connectivity index (χ0) is 12.9. The van der Waals surface area contributed by atoms with E-state index in [4.69, 9.17) is 5.11 Å². The van der Waals surface area contributed by atoms with Gasteiger partial charge in [0.1, 0.15) is 0 Å². The van der Waals surface area contributed by atoms with E-state index in [1.54, 1.807) is 13.8 Å². The molecule has 1 fully saturated rings. The van der Waals surface area contributed by atoms with E-state index in [1.165, 1.54) is 6.42 Å². The van der Waals surface area contributed by atoms with Crippen molar-refractivity contribution >= 4 is 11.9 Å². The minimum atomic E-state index is -0.851. The van der Waals surface area contributed by atoms with Crippen LogP contribution in [0, 0.1) is 5.41 Å². The van der Waals surface area contributed by atoms with Crippen LogP contribution < -0.4 is 5.32 Å². The Balaban J connectivity index is 2.26. The van der Waals surface area contributed by atoms with Gasteiger partial charge in [0.2, 0.25) is 5.91 Å². The zero-order valence-electron chi connectivity index (χ0n) is 10.7. The molecule has 1 amide bonds. The van der Waals surface area contributed by atoms with Crippen molar-refractivity contribution in [3.63, 3.8) is 0 Å². The average Bonchev–Trinajstić information content (AvgIpc) is 2.29. The van der Waals surface area contributed by atoms with E-state index in [1.807, 2.05) is 4.90 Å². The fraction of sp³-hybridized carbons (Fsp3) is 0.833. The Hall–Kier alpha value is -1.10. The predicted molar refractivity (Wildman–Crippen MR) is 64.7 cm³/mol.